The second kappa shape index (κ2) is 4.38. The Morgan fingerprint density at radius 1 is 0.929 bits per heavy atom. The van der Waals surface area contributed by atoms with Crippen LogP contribution in [0, 0.1) is 0 Å². The molecule has 0 amide bonds. The van der Waals surface area contributed by atoms with Crippen LogP contribution in [-0.2, 0) is 0 Å². The Morgan fingerprint density at radius 3 is 1.64 bits per heavy atom. The summed E-state index contributed by atoms with van der Waals surface area (Å²) in [4.78, 5) is 0. The van der Waals surface area contributed by atoms with Gasteiger partial charge >= 0.3 is 17.4 Å². The van der Waals surface area contributed by atoms with E-state index in [4.69, 9.17) is 0 Å². The van der Waals surface area contributed by atoms with Gasteiger partial charge < -0.3 is 0 Å². The van der Waals surface area contributed by atoms with Gasteiger partial charge in [0.2, 0.25) is 0 Å². The molecule has 0 nitrogen and oxygen atoms in total. The lowest BCUT2D eigenvalue weighted by molar-refractivity contribution is -0.329. The van der Waals surface area contributed by atoms with Gasteiger partial charge in [0.05, 0.1) is 0 Å². The van der Waals surface area contributed by atoms with Gasteiger partial charge in [0.1, 0.15) is 0 Å². The van der Waals surface area contributed by atoms with Crippen LogP contribution in [0.15, 0.2) is 0 Å². The Morgan fingerprint density at radius 2 is 1.36 bits per heavy atom. The predicted octanol–water partition coefficient (Wildman–Crippen LogP) is 4.18. The van der Waals surface area contributed by atoms with Crippen molar-refractivity contribution in [2.75, 3.05) is 5.75 Å². The Bertz CT molecular complexity index is 187. The minimum Gasteiger partial charge on any atom is -0.188 e. The predicted molar refractivity (Wildman–Crippen MR) is 41.7 cm³/mol. The average molecular weight is 262 g/mol. The van der Waals surface area contributed by atoms with Crippen molar-refractivity contribution in [3.8, 4) is 0 Å². The zero-order chi connectivity index (χ0) is 11.6. The summed E-state index contributed by atoms with van der Waals surface area (Å²) in [7, 11) is -0.529. The molecule has 0 aromatic carbocycles. The van der Waals surface area contributed by atoms with Crippen LogP contribution in [0.25, 0.3) is 0 Å². The van der Waals surface area contributed by atoms with E-state index in [0.717, 1.165) is 0 Å². The van der Waals surface area contributed by atoms with Crippen molar-refractivity contribution >= 4 is 21.6 Å². The van der Waals surface area contributed by atoms with Gasteiger partial charge in [-0.25, -0.2) is 0 Å². The van der Waals surface area contributed by atoms with E-state index in [1.807, 2.05) is 0 Å². The van der Waals surface area contributed by atoms with Crippen LogP contribution in [0.4, 0.5) is 30.7 Å². The van der Waals surface area contributed by atoms with Crippen LogP contribution < -0.4 is 0 Å². The van der Waals surface area contributed by atoms with E-state index in [-0.39, 0.29) is 16.5 Å². The average Bonchev–Trinajstić information content (AvgIpc) is 1.98. The molecule has 0 saturated carbocycles. The van der Waals surface area contributed by atoms with Crippen molar-refractivity contribution in [1.29, 1.82) is 0 Å². The Balaban J connectivity index is 4.69. The van der Waals surface area contributed by atoms with Crippen LogP contribution in [0.1, 0.15) is 6.92 Å². The molecule has 0 unspecified atom stereocenters. The second-order valence-electron chi connectivity index (χ2n) is 2.08. The van der Waals surface area contributed by atoms with Gasteiger partial charge in [-0.3, -0.25) is 0 Å². The number of rotatable bonds is 4. The van der Waals surface area contributed by atoms with Crippen LogP contribution in [0.5, 0.6) is 0 Å². The molecule has 9 heteroatoms. The van der Waals surface area contributed by atoms with Gasteiger partial charge in [-0.15, -0.1) is 0 Å². The monoisotopic (exact) mass is 262 g/mol. The van der Waals surface area contributed by atoms with Gasteiger partial charge in [0.15, 0.2) is 0 Å². The zero-order valence-corrected chi connectivity index (χ0v) is 8.30. The van der Waals surface area contributed by atoms with Crippen molar-refractivity contribution < 1.29 is 30.7 Å². The van der Waals surface area contributed by atoms with Gasteiger partial charge in [-0.05, 0) is 10.8 Å². The third kappa shape index (κ3) is 2.85. The lowest BCUT2D eigenvalue weighted by Gasteiger charge is -2.26. The number of hydrogen-bond donors (Lipinski definition) is 0. The minimum absolute atomic E-state index is 0.00813. The van der Waals surface area contributed by atoms with E-state index in [2.05, 4.69) is 0 Å². The van der Waals surface area contributed by atoms with Gasteiger partial charge in [0.25, 0.3) is 0 Å². The molecular weight excluding hydrogens is 257 g/mol. The molecule has 0 aromatic rings. The molecule has 0 radical (unpaired) electrons. The molecule has 0 aliphatic heterocycles. The van der Waals surface area contributed by atoms with Gasteiger partial charge in [-0.1, -0.05) is 17.7 Å². The van der Waals surface area contributed by atoms with Gasteiger partial charge in [0, 0.05) is 5.75 Å². The van der Waals surface area contributed by atoms with Crippen molar-refractivity contribution in [2.24, 2.45) is 0 Å². The maximum Gasteiger partial charge on any atom is 0.460 e. The summed E-state index contributed by atoms with van der Waals surface area (Å²) in [6, 6.07) is 0. The first kappa shape index (κ1) is 14.2. The summed E-state index contributed by atoms with van der Waals surface area (Å²) in [5.41, 5.74) is 0. The molecule has 0 fully saturated rings. The molecule has 0 atom stereocenters. The summed E-state index contributed by atoms with van der Waals surface area (Å²) in [5, 5.41) is -5.15. The quantitative estimate of drug-likeness (QED) is 0.550. The molecule has 14 heavy (non-hydrogen) atoms. The SMILES string of the molecule is CCSSC(F)(F)C(F)(F)C(F)(F)F. The van der Waals surface area contributed by atoms with E-state index in [9.17, 15) is 30.7 Å². The van der Waals surface area contributed by atoms with Crippen molar-refractivity contribution in [1.82, 2.24) is 0 Å². The summed E-state index contributed by atoms with van der Waals surface area (Å²) >= 11 is 0. The van der Waals surface area contributed by atoms with E-state index < -0.39 is 28.1 Å². The highest BCUT2D eigenvalue weighted by molar-refractivity contribution is 8.77. The van der Waals surface area contributed by atoms with Crippen LogP contribution >= 0.6 is 21.6 Å². The third-order valence-electron chi connectivity index (χ3n) is 1.00. The molecular formula is C5H5F7S2. The fourth-order valence-corrected chi connectivity index (χ4v) is 1.95. The van der Waals surface area contributed by atoms with E-state index in [1.165, 1.54) is 6.92 Å². The van der Waals surface area contributed by atoms with E-state index >= 15 is 0 Å². The molecule has 86 valence electrons. The number of hydrogen-bond acceptors (Lipinski definition) is 2. The highest BCUT2D eigenvalue weighted by atomic mass is 33.1. The first-order chi connectivity index (χ1) is 6.06. The van der Waals surface area contributed by atoms with E-state index in [1.54, 1.807) is 0 Å². The molecule has 0 aliphatic rings. The molecule has 0 spiro atoms. The largest absolute Gasteiger partial charge is 0.460 e. The molecule has 0 heterocycles. The number of halogens is 7. The lowest BCUT2D eigenvalue weighted by atomic mass is 10.3. The molecule has 0 saturated heterocycles. The highest BCUT2D eigenvalue weighted by Gasteiger charge is 2.73. The molecule has 0 N–H and O–H groups in total. The Labute approximate surface area is 83.0 Å². The summed E-state index contributed by atoms with van der Waals surface area (Å²) in [6.45, 7) is 1.36. The second-order valence-corrected chi connectivity index (χ2v) is 4.78. The Hall–Kier alpha value is 0.210. The zero-order valence-electron chi connectivity index (χ0n) is 6.67. The fourth-order valence-electron chi connectivity index (χ4n) is 0.350. The molecule has 0 aliphatic carbocycles. The molecule has 0 aromatic heterocycles. The first-order valence-electron chi connectivity index (χ1n) is 3.19. The molecule has 0 bridgehead atoms. The summed E-state index contributed by atoms with van der Waals surface area (Å²) in [5.74, 6) is -6.00. The van der Waals surface area contributed by atoms with E-state index in [0.29, 0.717) is 0 Å². The Kier molecular flexibility index (Phi) is 4.44. The molecule has 0 rings (SSSR count). The third-order valence-corrected chi connectivity index (χ3v) is 3.51. The minimum atomic E-state index is -6.24. The first-order valence-corrected chi connectivity index (χ1v) is 5.51. The highest BCUT2D eigenvalue weighted by Crippen LogP contribution is 2.54. The lowest BCUT2D eigenvalue weighted by Crippen LogP contribution is -2.49. The smallest absolute Gasteiger partial charge is 0.188 e. The van der Waals surface area contributed by atoms with Crippen LogP contribution in [0.2, 0.25) is 0 Å². The van der Waals surface area contributed by atoms with Crippen molar-refractivity contribution in [2.45, 2.75) is 24.3 Å². The fraction of sp³-hybridized carbons (Fsp3) is 1.00. The number of alkyl halides is 7. The maximum absolute atomic E-state index is 12.4. The summed E-state index contributed by atoms with van der Waals surface area (Å²) < 4.78 is 83.5. The van der Waals surface area contributed by atoms with Crippen molar-refractivity contribution in [3.63, 3.8) is 0 Å². The van der Waals surface area contributed by atoms with Crippen LogP contribution in [-0.4, -0.2) is 23.1 Å². The van der Waals surface area contributed by atoms with Crippen LogP contribution in [0.3, 0.4) is 0 Å². The summed E-state index contributed by atoms with van der Waals surface area (Å²) in [6.07, 6.45) is -6.24. The standard InChI is InChI=1S/C5H5F7S2/c1-2-13-14-5(11,12)3(6,7)4(8,9)10/h2H2,1H3. The normalized spacial score (nSPS) is 14.6. The maximum atomic E-state index is 12.4. The van der Waals surface area contributed by atoms with Gasteiger partial charge in [-0.2, -0.15) is 30.7 Å². The topological polar surface area (TPSA) is 0 Å². The van der Waals surface area contributed by atoms with Crippen molar-refractivity contribution in [3.05, 3.63) is 0 Å².